The van der Waals surface area contributed by atoms with Gasteiger partial charge in [0.25, 0.3) is 0 Å². The maximum Gasteiger partial charge on any atom is 0.148 e. The summed E-state index contributed by atoms with van der Waals surface area (Å²) in [5.74, 6) is 2.54. The van der Waals surface area contributed by atoms with Gasteiger partial charge >= 0.3 is 0 Å². The molecule has 3 nitrogen and oxygen atoms in total. The first kappa shape index (κ1) is 14.1. The number of nitrogens with zero attached hydrogens (tertiary/aromatic N) is 2. The molecule has 0 spiro atoms. The molecule has 0 aliphatic heterocycles. The highest BCUT2D eigenvalue weighted by atomic mass is 79.9. The van der Waals surface area contributed by atoms with E-state index in [0.29, 0.717) is 5.15 Å². The van der Waals surface area contributed by atoms with Crippen molar-refractivity contribution in [3.05, 3.63) is 16.0 Å². The smallest absolute Gasteiger partial charge is 0.148 e. The summed E-state index contributed by atoms with van der Waals surface area (Å²) in [7, 11) is 0. The van der Waals surface area contributed by atoms with E-state index in [-0.39, 0.29) is 0 Å². The summed E-state index contributed by atoms with van der Waals surface area (Å²) in [5, 5.41) is 3.79. The third-order valence-electron chi connectivity index (χ3n) is 3.64. The van der Waals surface area contributed by atoms with Crippen molar-refractivity contribution in [3.8, 4) is 0 Å². The second kappa shape index (κ2) is 6.71. The Bertz CT molecular complexity index is 400. The van der Waals surface area contributed by atoms with E-state index in [1.807, 2.05) is 0 Å². The molecule has 1 aromatic heterocycles. The van der Waals surface area contributed by atoms with Crippen LogP contribution in [0.4, 0.5) is 5.82 Å². The van der Waals surface area contributed by atoms with E-state index in [9.17, 15) is 0 Å². The molecule has 2 rings (SSSR count). The van der Waals surface area contributed by atoms with Gasteiger partial charge in [0.15, 0.2) is 0 Å². The van der Waals surface area contributed by atoms with Gasteiger partial charge in [-0.1, -0.05) is 37.8 Å². The molecule has 0 aromatic carbocycles. The largest absolute Gasteiger partial charge is 0.369 e. The summed E-state index contributed by atoms with van der Waals surface area (Å²) in [6.07, 6.45) is 8.22. The summed E-state index contributed by atoms with van der Waals surface area (Å²) < 4.78 is 0.753. The predicted molar refractivity (Wildman–Crippen MR) is 79.0 cm³/mol. The Balaban J connectivity index is 1.79. The Hall–Kier alpha value is -0.350. The molecule has 0 saturated heterocycles. The van der Waals surface area contributed by atoms with Crippen LogP contribution < -0.4 is 5.32 Å². The monoisotopic (exact) mass is 331 g/mol. The van der Waals surface area contributed by atoms with Crippen molar-refractivity contribution < 1.29 is 0 Å². The summed E-state index contributed by atoms with van der Waals surface area (Å²) in [6, 6.07) is 0. The number of anilines is 1. The first-order valence-corrected chi connectivity index (χ1v) is 7.73. The van der Waals surface area contributed by atoms with Crippen LogP contribution >= 0.6 is 27.5 Å². The van der Waals surface area contributed by atoms with Crippen LogP contribution in [0.2, 0.25) is 5.15 Å². The van der Waals surface area contributed by atoms with E-state index >= 15 is 0 Å². The molecule has 1 fully saturated rings. The molecule has 0 bridgehead atoms. The van der Waals surface area contributed by atoms with Crippen molar-refractivity contribution in [2.45, 2.75) is 39.0 Å². The molecule has 2 unspecified atom stereocenters. The molecule has 1 aliphatic rings. The first-order chi connectivity index (χ1) is 8.66. The molecule has 1 aromatic rings. The summed E-state index contributed by atoms with van der Waals surface area (Å²) >= 11 is 9.32. The molecule has 0 radical (unpaired) electrons. The number of hydrogen-bond donors (Lipinski definition) is 1. The van der Waals surface area contributed by atoms with Gasteiger partial charge < -0.3 is 5.32 Å². The van der Waals surface area contributed by atoms with E-state index in [1.165, 1.54) is 38.4 Å². The minimum absolute atomic E-state index is 0.457. The van der Waals surface area contributed by atoms with Gasteiger partial charge in [0.05, 0.1) is 4.47 Å². The SMILES string of the molecule is CC1CCCC(CCNc2ncnc(Cl)c2Br)C1. The molecule has 100 valence electrons. The van der Waals surface area contributed by atoms with Crippen molar-refractivity contribution in [2.24, 2.45) is 11.8 Å². The number of halogens is 2. The van der Waals surface area contributed by atoms with E-state index in [0.717, 1.165) is 28.7 Å². The Kier molecular flexibility index (Phi) is 5.25. The van der Waals surface area contributed by atoms with Gasteiger partial charge in [-0.2, -0.15) is 0 Å². The van der Waals surface area contributed by atoms with Crippen LogP contribution in [-0.2, 0) is 0 Å². The van der Waals surface area contributed by atoms with Gasteiger partial charge in [0, 0.05) is 6.54 Å². The molecule has 1 aliphatic carbocycles. The van der Waals surface area contributed by atoms with Gasteiger partial charge in [-0.25, -0.2) is 9.97 Å². The van der Waals surface area contributed by atoms with Gasteiger partial charge in [-0.3, -0.25) is 0 Å². The van der Waals surface area contributed by atoms with E-state index < -0.39 is 0 Å². The highest BCUT2D eigenvalue weighted by Gasteiger charge is 2.18. The Morgan fingerprint density at radius 3 is 3.06 bits per heavy atom. The Morgan fingerprint density at radius 2 is 2.28 bits per heavy atom. The zero-order chi connectivity index (χ0) is 13.0. The van der Waals surface area contributed by atoms with Crippen LogP contribution in [0.5, 0.6) is 0 Å². The zero-order valence-electron chi connectivity index (χ0n) is 10.6. The van der Waals surface area contributed by atoms with Crippen molar-refractivity contribution in [1.29, 1.82) is 0 Å². The maximum absolute atomic E-state index is 5.92. The lowest BCUT2D eigenvalue weighted by molar-refractivity contribution is 0.274. The molecule has 2 atom stereocenters. The van der Waals surface area contributed by atoms with Crippen LogP contribution in [0, 0.1) is 11.8 Å². The lowest BCUT2D eigenvalue weighted by atomic mass is 9.81. The number of nitrogens with one attached hydrogen (secondary N) is 1. The quantitative estimate of drug-likeness (QED) is 0.824. The Labute approximate surface area is 122 Å². The fourth-order valence-electron chi connectivity index (χ4n) is 2.69. The lowest BCUT2D eigenvalue weighted by Gasteiger charge is -2.26. The molecule has 18 heavy (non-hydrogen) atoms. The highest BCUT2D eigenvalue weighted by molar-refractivity contribution is 9.10. The molecule has 1 heterocycles. The first-order valence-electron chi connectivity index (χ1n) is 6.56. The average Bonchev–Trinajstić information content (AvgIpc) is 2.35. The highest BCUT2D eigenvalue weighted by Crippen LogP contribution is 2.31. The molecular weight excluding hydrogens is 314 g/mol. The third kappa shape index (κ3) is 3.82. The molecular formula is C13H19BrClN3. The van der Waals surface area contributed by atoms with Gasteiger partial charge in [-0.05, 0) is 40.6 Å². The standard InChI is InChI=1S/C13H19BrClN3/c1-9-3-2-4-10(7-9)5-6-16-13-11(14)12(15)17-8-18-13/h8-10H,2-7H2,1H3,(H,16,17,18). The minimum Gasteiger partial charge on any atom is -0.369 e. The van der Waals surface area contributed by atoms with Crippen molar-refractivity contribution in [2.75, 3.05) is 11.9 Å². The van der Waals surface area contributed by atoms with Crippen molar-refractivity contribution in [3.63, 3.8) is 0 Å². The fraction of sp³-hybridized carbons (Fsp3) is 0.692. The topological polar surface area (TPSA) is 37.8 Å². The number of rotatable bonds is 4. The average molecular weight is 333 g/mol. The van der Waals surface area contributed by atoms with E-state index in [4.69, 9.17) is 11.6 Å². The van der Waals surface area contributed by atoms with Gasteiger partial charge in [0.2, 0.25) is 0 Å². The third-order valence-corrected chi connectivity index (χ3v) is 4.90. The molecule has 5 heteroatoms. The second-order valence-corrected chi connectivity index (χ2v) is 6.33. The van der Waals surface area contributed by atoms with E-state index in [2.05, 4.69) is 38.1 Å². The lowest BCUT2D eigenvalue weighted by Crippen LogP contribution is -2.17. The van der Waals surface area contributed by atoms with Crippen molar-refractivity contribution in [1.82, 2.24) is 9.97 Å². The summed E-state index contributed by atoms with van der Waals surface area (Å²) in [5.41, 5.74) is 0. The maximum atomic E-state index is 5.92. The summed E-state index contributed by atoms with van der Waals surface area (Å²) in [4.78, 5) is 8.10. The number of aromatic nitrogens is 2. The molecule has 0 amide bonds. The van der Waals surface area contributed by atoms with Gasteiger partial charge in [-0.15, -0.1) is 0 Å². The minimum atomic E-state index is 0.457. The molecule has 1 N–H and O–H groups in total. The predicted octanol–water partition coefficient (Wildman–Crippen LogP) is 4.52. The summed E-state index contributed by atoms with van der Waals surface area (Å²) in [6.45, 7) is 3.31. The van der Waals surface area contributed by atoms with Gasteiger partial charge in [0.1, 0.15) is 17.3 Å². The Morgan fingerprint density at radius 1 is 1.44 bits per heavy atom. The van der Waals surface area contributed by atoms with Crippen LogP contribution in [0.25, 0.3) is 0 Å². The van der Waals surface area contributed by atoms with E-state index in [1.54, 1.807) is 0 Å². The molecule has 1 saturated carbocycles. The van der Waals surface area contributed by atoms with Crippen LogP contribution in [0.15, 0.2) is 10.8 Å². The number of hydrogen-bond acceptors (Lipinski definition) is 3. The van der Waals surface area contributed by atoms with Crippen LogP contribution in [0.1, 0.15) is 39.0 Å². The normalized spacial score (nSPS) is 23.9. The zero-order valence-corrected chi connectivity index (χ0v) is 13.0. The second-order valence-electron chi connectivity index (χ2n) is 5.18. The van der Waals surface area contributed by atoms with Crippen LogP contribution in [-0.4, -0.2) is 16.5 Å². The fourth-order valence-corrected chi connectivity index (χ4v) is 3.17. The van der Waals surface area contributed by atoms with Crippen molar-refractivity contribution >= 4 is 33.3 Å². The van der Waals surface area contributed by atoms with Crippen LogP contribution in [0.3, 0.4) is 0 Å².